The SMILES string of the molecule is [B]c1ccc(CC[OH2+])cc1. The second-order valence-electron chi connectivity index (χ2n) is 2.24. The zero-order valence-electron chi connectivity index (χ0n) is 5.80. The van der Waals surface area contributed by atoms with Gasteiger partial charge >= 0.3 is 0 Å². The molecule has 0 amide bonds. The van der Waals surface area contributed by atoms with Gasteiger partial charge in [-0.25, -0.2) is 0 Å². The van der Waals surface area contributed by atoms with Crippen LogP contribution in [0.4, 0.5) is 0 Å². The van der Waals surface area contributed by atoms with E-state index in [-0.39, 0.29) is 0 Å². The summed E-state index contributed by atoms with van der Waals surface area (Å²) in [6.45, 7) is 0.448. The van der Waals surface area contributed by atoms with Gasteiger partial charge in [0, 0.05) is 6.42 Å². The molecule has 0 saturated heterocycles. The van der Waals surface area contributed by atoms with E-state index in [1.807, 2.05) is 24.3 Å². The predicted molar refractivity (Wildman–Crippen MR) is 44.0 cm³/mol. The Labute approximate surface area is 62.1 Å². The normalized spacial score (nSPS) is 9.70. The van der Waals surface area contributed by atoms with Crippen molar-refractivity contribution in [3.8, 4) is 0 Å². The van der Waals surface area contributed by atoms with Gasteiger partial charge in [-0.3, -0.25) is 0 Å². The number of rotatable bonds is 2. The third kappa shape index (κ3) is 1.88. The van der Waals surface area contributed by atoms with Gasteiger partial charge in [-0.05, 0) is 5.56 Å². The van der Waals surface area contributed by atoms with Crippen LogP contribution in [0.5, 0.6) is 0 Å². The molecule has 0 bridgehead atoms. The largest absolute Gasteiger partial charge is 0.445 e. The van der Waals surface area contributed by atoms with Crippen LogP contribution in [0.25, 0.3) is 0 Å². The van der Waals surface area contributed by atoms with Gasteiger partial charge in [0.25, 0.3) is 0 Å². The fourth-order valence-electron chi connectivity index (χ4n) is 0.829. The lowest BCUT2D eigenvalue weighted by atomic mass is 9.95. The molecule has 0 heterocycles. The fourth-order valence-corrected chi connectivity index (χ4v) is 0.829. The maximum Gasteiger partial charge on any atom is 0.147 e. The molecular formula is C8H10BO+. The monoisotopic (exact) mass is 133 g/mol. The summed E-state index contributed by atoms with van der Waals surface area (Å²) in [5, 5.41) is 6.96. The van der Waals surface area contributed by atoms with Crippen LogP contribution in [0.1, 0.15) is 5.56 Å². The van der Waals surface area contributed by atoms with Crippen molar-refractivity contribution in [3.05, 3.63) is 29.8 Å². The quantitative estimate of drug-likeness (QED) is 0.392. The van der Waals surface area contributed by atoms with Crippen molar-refractivity contribution in [1.82, 2.24) is 0 Å². The lowest BCUT2D eigenvalue weighted by Gasteiger charge is -1.95. The summed E-state index contributed by atoms with van der Waals surface area (Å²) in [6, 6.07) is 7.66. The molecule has 1 aromatic carbocycles. The highest BCUT2D eigenvalue weighted by atomic mass is 16.2. The third-order valence-corrected chi connectivity index (χ3v) is 1.39. The summed E-state index contributed by atoms with van der Waals surface area (Å²) in [7, 11) is 5.48. The molecular weight excluding hydrogens is 123 g/mol. The Morgan fingerprint density at radius 1 is 1.20 bits per heavy atom. The predicted octanol–water partition coefficient (Wildman–Crippen LogP) is -0.253. The van der Waals surface area contributed by atoms with Gasteiger partial charge in [-0.2, -0.15) is 0 Å². The summed E-state index contributed by atoms with van der Waals surface area (Å²) in [6.07, 6.45) is 0.820. The lowest BCUT2D eigenvalue weighted by molar-refractivity contribution is 0.299. The minimum Gasteiger partial charge on any atom is -0.445 e. The Balaban J connectivity index is 2.69. The molecule has 0 aliphatic carbocycles. The van der Waals surface area contributed by atoms with Gasteiger partial charge < -0.3 is 5.11 Å². The minimum atomic E-state index is 0.448. The first-order valence-corrected chi connectivity index (χ1v) is 3.32. The standard InChI is InChI=1S/C8H9BO/c9-8-3-1-7(2-4-8)5-6-10/h1-4,10H,5-6H2/p+1. The van der Waals surface area contributed by atoms with E-state index < -0.39 is 0 Å². The van der Waals surface area contributed by atoms with E-state index in [1.54, 1.807) is 0 Å². The Kier molecular flexibility index (Phi) is 2.52. The maximum absolute atomic E-state index is 6.96. The average Bonchev–Trinajstić information content (AvgIpc) is 1.95. The second kappa shape index (κ2) is 3.42. The van der Waals surface area contributed by atoms with Crippen LogP contribution in [0.2, 0.25) is 0 Å². The summed E-state index contributed by atoms with van der Waals surface area (Å²) >= 11 is 0. The highest BCUT2D eigenvalue weighted by Crippen LogP contribution is 1.95. The molecule has 2 radical (unpaired) electrons. The van der Waals surface area contributed by atoms with Crippen molar-refractivity contribution in [2.75, 3.05) is 6.61 Å². The molecule has 0 unspecified atom stereocenters. The van der Waals surface area contributed by atoms with Crippen molar-refractivity contribution in [2.24, 2.45) is 0 Å². The van der Waals surface area contributed by atoms with E-state index in [0.717, 1.165) is 11.9 Å². The van der Waals surface area contributed by atoms with Crippen LogP contribution in [0.3, 0.4) is 0 Å². The zero-order valence-corrected chi connectivity index (χ0v) is 5.80. The highest BCUT2D eigenvalue weighted by Gasteiger charge is 1.90. The van der Waals surface area contributed by atoms with Gasteiger partial charge in [0.15, 0.2) is 0 Å². The Bertz CT molecular complexity index is 193. The summed E-state index contributed by atoms with van der Waals surface area (Å²) in [5.74, 6) is 0. The topological polar surface area (TPSA) is 22.9 Å². The summed E-state index contributed by atoms with van der Waals surface area (Å²) in [4.78, 5) is 0. The molecule has 0 fully saturated rings. The molecule has 1 nitrogen and oxygen atoms in total. The van der Waals surface area contributed by atoms with Crippen LogP contribution < -0.4 is 5.46 Å². The van der Waals surface area contributed by atoms with E-state index in [0.29, 0.717) is 6.61 Å². The number of benzene rings is 1. The van der Waals surface area contributed by atoms with Gasteiger partial charge in [0.05, 0.1) is 0 Å². The zero-order chi connectivity index (χ0) is 7.40. The van der Waals surface area contributed by atoms with E-state index >= 15 is 0 Å². The summed E-state index contributed by atoms with van der Waals surface area (Å²) < 4.78 is 0. The molecule has 2 N–H and O–H groups in total. The van der Waals surface area contributed by atoms with Crippen LogP contribution >= 0.6 is 0 Å². The molecule has 0 aliphatic heterocycles. The van der Waals surface area contributed by atoms with Crippen molar-refractivity contribution < 1.29 is 5.11 Å². The Morgan fingerprint density at radius 3 is 2.30 bits per heavy atom. The van der Waals surface area contributed by atoms with E-state index in [2.05, 4.69) is 0 Å². The molecule has 0 saturated carbocycles. The van der Waals surface area contributed by atoms with Crippen LogP contribution in [0.15, 0.2) is 24.3 Å². The molecule has 10 heavy (non-hydrogen) atoms. The molecule has 0 aromatic heterocycles. The first-order chi connectivity index (χ1) is 4.83. The molecule has 1 rings (SSSR count). The molecule has 0 spiro atoms. The molecule has 2 heteroatoms. The van der Waals surface area contributed by atoms with Crippen molar-refractivity contribution in [1.29, 1.82) is 0 Å². The van der Waals surface area contributed by atoms with Crippen LogP contribution in [0, 0.1) is 0 Å². The average molecular weight is 133 g/mol. The second-order valence-corrected chi connectivity index (χ2v) is 2.24. The molecule has 0 atom stereocenters. The van der Waals surface area contributed by atoms with E-state index in [4.69, 9.17) is 13.0 Å². The lowest BCUT2D eigenvalue weighted by Crippen LogP contribution is -2.01. The van der Waals surface area contributed by atoms with Gasteiger partial charge in [-0.1, -0.05) is 29.7 Å². The first-order valence-electron chi connectivity index (χ1n) is 3.32. The van der Waals surface area contributed by atoms with Gasteiger partial charge in [0.1, 0.15) is 14.5 Å². The van der Waals surface area contributed by atoms with Crippen LogP contribution in [-0.2, 0) is 6.42 Å². The van der Waals surface area contributed by atoms with Crippen molar-refractivity contribution in [2.45, 2.75) is 6.42 Å². The Morgan fingerprint density at radius 2 is 1.80 bits per heavy atom. The van der Waals surface area contributed by atoms with Gasteiger partial charge in [-0.15, -0.1) is 0 Å². The number of hydrogen-bond acceptors (Lipinski definition) is 0. The minimum absolute atomic E-state index is 0.448. The van der Waals surface area contributed by atoms with Crippen molar-refractivity contribution in [3.63, 3.8) is 0 Å². The maximum atomic E-state index is 6.96. The van der Waals surface area contributed by atoms with Gasteiger partial charge in [0.2, 0.25) is 0 Å². The molecule has 1 aromatic rings. The smallest absolute Gasteiger partial charge is 0.147 e. The van der Waals surface area contributed by atoms with Crippen LogP contribution in [-0.4, -0.2) is 19.6 Å². The molecule has 50 valence electrons. The van der Waals surface area contributed by atoms with E-state index in [1.165, 1.54) is 5.56 Å². The Hall–Kier alpha value is -0.755. The highest BCUT2D eigenvalue weighted by molar-refractivity contribution is 6.32. The first kappa shape index (κ1) is 7.35. The third-order valence-electron chi connectivity index (χ3n) is 1.39. The molecule has 0 aliphatic rings. The van der Waals surface area contributed by atoms with E-state index in [9.17, 15) is 0 Å². The fraction of sp³-hybridized carbons (Fsp3) is 0.250. The summed E-state index contributed by atoms with van der Waals surface area (Å²) in [5.41, 5.74) is 1.97. The number of hydrogen-bond donors (Lipinski definition) is 0. The van der Waals surface area contributed by atoms with Crippen molar-refractivity contribution >= 4 is 13.3 Å².